The molecule has 1 aliphatic heterocycles. The predicted molar refractivity (Wildman–Crippen MR) is 74.7 cm³/mol. The molecule has 1 aromatic heterocycles. The Morgan fingerprint density at radius 3 is 2.84 bits per heavy atom. The summed E-state index contributed by atoms with van der Waals surface area (Å²) in [5, 5.41) is 11.0. The number of likely N-dealkylation sites (tertiary alicyclic amines) is 1. The van der Waals surface area contributed by atoms with E-state index in [-0.39, 0.29) is 5.91 Å². The molecule has 1 unspecified atom stereocenters. The Hall–Kier alpha value is -1.36. The summed E-state index contributed by atoms with van der Waals surface area (Å²) >= 11 is 1.45. The molecule has 0 aromatic carbocycles. The minimum Gasteiger partial charge on any atom is -0.481 e. The van der Waals surface area contributed by atoms with Gasteiger partial charge in [0.2, 0.25) is 0 Å². The number of amides is 1. The van der Waals surface area contributed by atoms with E-state index < -0.39 is 11.9 Å². The van der Waals surface area contributed by atoms with Crippen LogP contribution in [0.3, 0.4) is 0 Å². The van der Waals surface area contributed by atoms with Gasteiger partial charge in [0.25, 0.3) is 5.91 Å². The Kier molecular flexibility index (Phi) is 4.24. The van der Waals surface area contributed by atoms with Gasteiger partial charge in [-0.05, 0) is 35.8 Å². The molecular formula is C14H19NO3S. The van der Waals surface area contributed by atoms with Crippen LogP contribution in [0.4, 0.5) is 0 Å². The third-order valence-electron chi connectivity index (χ3n) is 3.57. The first-order chi connectivity index (χ1) is 9.00. The van der Waals surface area contributed by atoms with E-state index in [0.717, 1.165) is 16.9 Å². The van der Waals surface area contributed by atoms with Crippen molar-refractivity contribution in [3.8, 4) is 0 Å². The molecule has 1 aliphatic rings. The normalized spacial score (nSPS) is 19.7. The summed E-state index contributed by atoms with van der Waals surface area (Å²) in [7, 11) is 0. The number of rotatable bonds is 3. The maximum absolute atomic E-state index is 12.5. The number of thiophene rings is 1. The zero-order valence-electron chi connectivity index (χ0n) is 11.3. The molecule has 0 saturated carbocycles. The first-order valence-corrected chi connectivity index (χ1v) is 7.48. The highest BCUT2D eigenvalue weighted by Gasteiger charge is 2.30. The average molecular weight is 281 g/mol. The summed E-state index contributed by atoms with van der Waals surface area (Å²) in [5.41, 5.74) is 1.06. The summed E-state index contributed by atoms with van der Waals surface area (Å²) in [6.45, 7) is 5.13. The van der Waals surface area contributed by atoms with Gasteiger partial charge in [-0.3, -0.25) is 9.59 Å². The Morgan fingerprint density at radius 1 is 1.47 bits per heavy atom. The number of nitrogens with zero attached hydrogens (tertiary/aromatic N) is 1. The standard InChI is InChI=1S/C14H19NO3S/c1-9(2)11-5-7-19-12(11)13(16)15-6-3-4-10(8-15)14(17)18/h5,7,9-10H,3-4,6,8H2,1-2H3,(H,17,18). The van der Waals surface area contributed by atoms with E-state index in [1.165, 1.54) is 11.3 Å². The van der Waals surface area contributed by atoms with Crippen LogP contribution in [0, 0.1) is 5.92 Å². The number of carbonyl (C=O) groups is 2. The molecule has 1 fully saturated rings. The van der Waals surface area contributed by atoms with Crippen LogP contribution in [-0.4, -0.2) is 35.0 Å². The second-order valence-electron chi connectivity index (χ2n) is 5.29. The second-order valence-corrected chi connectivity index (χ2v) is 6.20. The summed E-state index contributed by atoms with van der Waals surface area (Å²) in [6.07, 6.45) is 1.44. The van der Waals surface area contributed by atoms with Gasteiger partial charge in [-0.15, -0.1) is 11.3 Å². The first kappa shape index (κ1) is 14.1. The average Bonchev–Trinajstić information content (AvgIpc) is 2.87. The van der Waals surface area contributed by atoms with Crippen LogP contribution in [0.1, 0.15) is 47.8 Å². The fourth-order valence-electron chi connectivity index (χ4n) is 2.45. The summed E-state index contributed by atoms with van der Waals surface area (Å²) < 4.78 is 0. The zero-order chi connectivity index (χ0) is 14.0. The van der Waals surface area contributed by atoms with Crippen molar-refractivity contribution in [1.82, 2.24) is 4.90 Å². The van der Waals surface area contributed by atoms with Crippen molar-refractivity contribution in [2.45, 2.75) is 32.6 Å². The van der Waals surface area contributed by atoms with Crippen molar-refractivity contribution in [1.29, 1.82) is 0 Å². The van der Waals surface area contributed by atoms with Gasteiger partial charge in [0, 0.05) is 13.1 Å². The van der Waals surface area contributed by atoms with Gasteiger partial charge in [0.05, 0.1) is 10.8 Å². The lowest BCUT2D eigenvalue weighted by atomic mass is 9.97. The van der Waals surface area contributed by atoms with Crippen LogP contribution in [-0.2, 0) is 4.79 Å². The van der Waals surface area contributed by atoms with E-state index in [2.05, 4.69) is 13.8 Å². The topological polar surface area (TPSA) is 57.6 Å². The fourth-order valence-corrected chi connectivity index (χ4v) is 3.47. The third-order valence-corrected chi connectivity index (χ3v) is 4.49. The summed E-state index contributed by atoms with van der Waals surface area (Å²) in [4.78, 5) is 26.0. The van der Waals surface area contributed by atoms with Gasteiger partial charge in [0.1, 0.15) is 0 Å². The number of hydrogen-bond donors (Lipinski definition) is 1. The van der Waals surface area contributed by atoms with Gasteiger partial charge < -0.3 is 10.0 Å². The second kappa shape index (κ2) is 5.74. The molecule has 0 aliphatic carbocycles. The van der Waals surface area contributed by atoms with E-state index in [1.54, 1.807) is 4.90 Å². The van der Waals surface area contributed by atoms with Gasteiger partial charge in [-0.2, -0.15) is 0 Å². The molecule has 2 heterocycles. The molecular weight excluding hydrogens is 262 g/mol. The monoisotopic (exact) mass is 281 g/mol. The van der Waals surface area contributed by atoms with Crippen molar-refractivity contribution in [2.24, 2.45) is 5.92 Å². The van der Waals surface area contributed by atoms with Crippen molar-refractivity contribution in [3.63, 3.8) is 0 Å². The lowest BCUT2D eigenvalue weighted by Gasteiger charge is -2.30. The SMILES string of the molecule is CC(C)c1ccsc1C(=O)N1CCCC(C(=O)O)C1. The molecule has 1 N–H and O–H groups in total. The minimum absolute atomic E-state index is 0.00958. The molecule has 4 nitrogen and oxygen atoms in total. The van der Waals surface area contributed by atoms with Crippen LogP contribution in [0.15, 0.2) is 11.4 Å². The summed E-state index contributed by atoms with van der Waals surface area (Å²) in [6, 6.07) is 1.99. The highest BCUT2D eigenvalue weighted by atomic mass is 32.1. The van der Waals surface area contributed by atoms with Crippen molar-refractivity contribution < 1.29 is 14.7 Å². The Morgan fingerprint density at radius 2 is 2.21 bits per heavy atom. The molecule has 1 amide bonds. The summed E-state index contributed by atoms with van der Waals surface area (Å²) in [5.74, 6) is -0.914. The molecule has 1 aromatic rings. The quantitative estimate of drug-likeness (QED) is 0.927. The molecule has 0 radical (unpaired) electrons. The zero-order valence-corrected chi connectivity index (χ0v) is 12.1. The van der Waals surface area contributed by atoms with Crippen LogP contribution < -0.4 is 0 Å². The van der Waals surface area contributed by atoms with Gasteiger partial charge in [0.15, 0.2) is 0 Å². The lowest BCUT2D eigenvalue weighted by molar-refractivity contribution is -0.143. The minimum atomic E-state index is -0.798. The number of piperidine rings is 1. The van der Waals surface area contributed by atoms with Crippen LogP contribution in [0.25, 0.3) is 0 Å². The van der Waals surface area contributed by atoms with Gasteiger partial charge in [-0.1, -0.05) is 13.8 Å². The first-order valence-electron chi connectivity index (χ1n) is 6.60. The Bertz CT molecular complexity index is 481. The number of hydrogen-bond acceptors (Lipinski definition) is 3. The molecule has 0 spiro atoms. The van der Waals surface area contributed by atoms with E-state index in [9.17, 15) is 9.59 Å². The molecule has 19 heavy (non-hydrogen) atoms. The van der Waals surface area contributed by atoms with Crippen molar-refractivity contribution >= 4 is 23.2 Å². The molecule has 1 saturated heterocycles. The van der Waals surface area contributed by atoms with Crippen LogP contribution >= 0.6 is 11.3 Å². The highest BCUT2D eigenvalue weighted by Crippen LogP contribution is 2.27. The smallest absolute Gasteiger partial charge is 0.308 e. The van der Waals surface area contributed by atoms with E-state index in [0.29, 0.717) is 25.4 Å². The largest absolute Gasteiger partial charge is 0.481 e. The van der Waals surface area contributed by atoms with Crippen molar-refractivity contribution in [2.75, 3.05) is 13.1 Å². The molecule has 5 heteroatoms. The fraction of sp³-hybridized carbons (Fsp3) is 0.571. The van der Waals surface area contributed by atoms with Gasteiger partial charge >= 0.3 is 5.97 Å². The number of carboxylic acids is 1. The van der Waals surface area contributed by atoms with E-state index in [1.807, 2.05) is 11.4 Å². The van der Waals surface area contributed by atoms with E-state index >= 15 is 0 Å². The van der Waals surface area contributed by atoms with Crippen LogP contribution in [0.5, 0.6) is 0 Å². The molecule has 1 atom stereocenters. The highest BCUT2D eigenvalue weighted by molar-refractivity contribution is 7.12. The Balaban J connectivity index is 2.15. The maximum atomic E-state index is 12.5. The maximum Gasteiger partial charge on any atom is 0.308 e. The molecule has 0 bridgehead atoms. The lowest BCUT2D eigenvalue weighted by Crippen LogP contribution is -2.42. The molecule has 104 valence electrons. The van der Waals surface area contributed by atoms with Crippen molar-refractivity contribution in [3.05, 3.63) is 21.9 Å². The third kappa shape index (κ3) is 2.97. The van der Waals surface area contributed by atoms with Gasteiger partial charge in [-0.25, -0.2) is 0 Å². The molecule has 2 rings (SSSR count). The number of carboxylic acid groups (broad SMARTS) is 1. The number of aliphatic carboxylic acids is 1. The van der Waals surface area contributed by atoms with Crippen LogP contribution in [0.2, 0.25) is 0 Å². The number of carbonyl (C=O) groups excluding carboxylic acids is 1. The predicted octanol–water partition coefficient (Wildman–Crippen LogP) is 2.81. The van der Waals surface area contributed by atoms with E-state index in [4.69, 9.17) is 5.11 Å². The Labute approximate surface area is 117 Å².